The third-order valence-electron chi connectivity index (χ3n) is 3.15. The molecule has 0 aliphatic rings. The fourth-order valence-electron chi connectivity index (χ4n) is 1.92. The van der Waals surface area contributed by atoms with Crippen molar-refractivity contribution in [2.45, 2.75) is 13.8 Å². The molecule has 6 heteroatoms. The summed E-state index contributed by atoms with van der Waals surface area (Å²) in [5, 5.41) is 16.4. The van der Waals surface area contributed by atoms with E-state index in [1.54, 1.807) is 11.6 Å². The molecule has 0 fully saturated rings. The van der Waals surface area contributed by atoms with Gasteiger partial charge < -0.3 is 10.4 Å². The van der Waals surface area contributed by atoms with Crippen LogP contribution in [0, 0.1) is 12.8 Å². The maximum Gasteiger partial charge on any atom is 0.256 e. The van der Waals surface area contributed by atoms with Crippen LogP contribution in [0.2, 0.25) is 5.15 Å². The van der Waals surface area contributed by atoms with E-state index in [9.17, 15) is 4.79 Å². The number of halogens is 1. The molecular weight excluding hydrogens is 290 g/mol. The highest BCUT2D eigenvalue weighted by Gasteiger charge is 2.21. The molecule has 5 nitrogen and oxygen atoms in total. The van der Waals surface area contributed by atoms with Gasteiger partial charge in [-0.3, -0.25) is 4.79 Å². The first-order chi connectivity index (χ1) is 10.0. The molecule has 1 unspecified atom stereocenters. The van der Waals surface area contributed by atoms with Crippen LogP contribution in [-0.2, 0) is 0 Å². The van der Waals surface area contributed by atoms with Crippen molar-refractivity contribution in [2.75, 3.05) is 13.2 Å². The Morgan fingerprint density at radius 3 is 2.71 bits per heavy atom. The smallest absolute Gasteiger partial charge is 0.256 e. The molecule has 0 saturated carbocycles. The van der Waals surface area contributed by atoms with Crippen LogP contribution in [0.3, 0.4) is 0 Å². The molecule has 0 saturated heterocycles. The molecule has 1 aromatic carbocycles. The molecular formula is C15H18ClN3O2. The number of hydrogen-bond donors (Lipinski definition) is 2. The molecule has 0 aliphatic carbocycles. The molecule has 0 spiro atoms. The number of aliphatic hydroxyl groups is 1. The number of amides is 1. The maximum atomic E-state index is 12.2. The summed E-state index contributed by atoms with van der Waals surface area (Å²) < 4.78 is 1.54. The molecule has 0 radical (unpaired) electrons. The van der Waals surface area contributed by atoms with Gasteiger partial charge in [0.2, 0.25) is 0 Å². The molecule has 2 N–H and O–H groups in total. The summed E-state index contributed by atoms with van der Waals surface area (Å²) in [5.41, 5.74) is 1.73. The first kappa shape index (κ1) is 15.5. The number of hydrogen-bond acceptors (Lipinski definition) is 3. The summed E-state index contributed by atoms with van der Waals surface area (Å²) in [4.78, 5) is 12.2. The molecule has 2 aromatic rings. The average Bonchev–Trinajstić information content (AvgIpc) is 2.80. The monoisotopic (exact) mass is 307 g/mol. The van der Waals surface area contributed by atoms with Gasteiger partial charge >= 0.3 is 0 Å². The van der Waals surface area contributed by atoms with Gasteiger partial charge in [-0.05, 0) is 25.0 Å². The Morgan fingerprint density at radius 2 is 2.10 bits per heavy atom. The Hall–Kier alpha value is -1.85. The summed E-state index contributed by atoms with van der Waals surface area (Å²) in [6.07, 6.45) is 0. The topological polar surface area (TPSA) is 67.2 Å². The Labute approximate surface area is 128 Å². The number of aliphatic hydroxyl groups excluding tert-OH is 1. The SMILES string of the molecule is Cc1nn(-c2ccccc2)c(Cl)c1C(=O)NCC(C)CO. The van der Waals surface area contributed by atoms with Gasteiger partial charge in [0, 0.05) is 13.2 Å². The van der Waals surface area contributed by atoms with E-state index in [4.69, 9.17) is 16.7 Å². The molecule has 0 aliphatic heterocycles. The summed E-state index contributed by atoms with van der Waals surface area (Å²) in [6, 6.07) is 9.40. The minimum absolute atomic E-state index is 0.00259. The summed E-state index contributed by atoms with van der Waals surface area (Å²) in [6.45, 7) is 4.01. The van der Waals surface area contributed by atoms with Crippen molar-refractivity contribution < 1.29 is 9.90 Å². The van der Waals surface area contributed by atoms with Crippen LogP contribution in [0.5, 0.6) is 0 Å². The highest BCUT2D eigenvalue weighted by molar-refractivity contribution is 6.33. The van der Waals surface area contributed by atoms with Crippen LogP contribution >= 0.6 is 11.6 Å². The van der Waals surface area contributed by atoms with E-state index in [0.717, 1.165) is 5.69 Å². The number of nitrogens with one attached hydrogen (secondary N) is 1. The molecule has 1 aromatic heterocycles. The van der Waals surface area contributed by atoms with Gasteiger partial charge in [0.25, 0.3) is 5.91 Å². The van der Waals surface area contributed by atoms with E-state index in [-0.39, 0.29) is 23.6 Å². The fraction of sp³-hybridized carbons (Fsp3) is 0.333. The van der Waals surface area contributed by atoms with E-state index in [0.29, 0.717) is 17.8 Å². The van der Waals surface area contributed by atoms with Gasteiger partial charge in [0.1, 0.15) is 5.15 Å². The first-order valence-electron chi connectivity index (χ1n) is 6.74. The van der Waals surface area contributed by atoms with Crippen LogP contribution in [-0.4, -0.2) is 33.9 Å². The van der Waals surface area contributed by atoms with Gasteiger partial charge in [-0.2, -0.15) is 5.10 Å². The lowest BCUT2D eigenvalue weighted by molar-refractivity contribution is 0.0942. The van der Waals surface area contributed by atoms with Crippen LogP contribution in [0.1, 0.15) is 23.0 Å². The minimum atomic E-state index is -0.278. The third kappa shape index (κ3) is 3.43. The normalized spacial score (nSPS) is 12.2. The van der Waals surface area contributed by atoms with Crippen LogP contribution in [0.25, 0.3) is 5.69 Å². The lowest BCUT2D eigenvalue weighted by Gasteiger charge is -2.09. The Morgan fingerprint density at radius 1 is 1.43 bits per heavy atom. The van der Waals surface area contributed by atoms with Gasteiger partial charge in [-0.1, -0.05) is 36.7 Å². The molecule has 21 heavy (non-hydrogen) atoms. The van der Waals surface area contributed by atoms with Crippen molar-refractivity contribution in [3.05, 3.63) is 46.7 Å². The maximum absolute atomic E-state index is 12.2. The van der Waals surface area contributed by atoms with Gasteiger partial charge in [-0.25, -0.2) is 4.68 Å². The zero-order valence-corrected chi connectivity index (χ0v) is 12.8. The Balaban J connectivity index is 2.25. The van der Waals surface area contributed by atoms with Crippen LogP contribution in [0.15, 0.2) is 30.3 Å². The lowest BCUT2D eigenvalue weighted by Crippen LogP contribution is -2.30. The number of nitrogens with zero attached hydrogens (tertiary/aromatic N) is 2. The van der Waals surface area contributed by atoms with E-state index in [1.165, 1.54) is 0 Å². The average molecular weight is 308 g/mol. The second-order valence-corrected chi connectivity index (χ2v) is 5.35. The summed E-state index contributed by atoms with van der Waals surface area (Å²) in [7, 11) is 0. The molecule has 1 atom stereocenters. The second kappa shape index (κ2) is 6.74. The van der Waals surface area contributed by atoms with Crippen molar-refractivity contribution in [1.82, 2.24) is 15.1 Å². The number of aromatic nitrogens is 2. The second-order valence-electron chi connectivity index (χ2n) is 5.00. The van der Waals surface area contributed by atoms with Crippen molar-refractivity contribution in [2.24, 2.45) is 5.92 Å². The number of carbonyl (C=O) groups is 1. The zero-order chi connectivity index (χ0) is 15.4. The van der Waals surface area contributed by atoms with Crippen molar-refractivity contribution in [3.8, 4) is 5.69 Å². The van der Waals surface area contributed by atoms with Crippen molar-refractivity contribution >= 4 is 17.5 Å². The zero-order valence-electron chi connectivity index (χ0n) is 12.0. The lowest BCUT2D eigenvalue weighted by atomic mass is 10.2. The van der Waals surface area contributed by atoms with E-state index < -0.39 is 0 Å². The van der Waals surface area contributed by atoms with Gasteiger partial charge in [0.05, 0.1) is 16.9 Å². The van der Waals surface area contributed by atoms with E-state index >= 15 is 0 Å². The van der Waals surface area contributed by atoms with Gasteiger partial charge in [0.15, 0.2) is 0 Å². The van der Waals surface area contributed by atoms with E-state index in [2.05, 4.69) is 10.4 Å². The van der Waals surface area contributed by atoms with Crippen molar-refractivity contribution in [1.29, 1.82) is 0 Å². The largest absolute Gasteiger partial charge is 0.396 e. The van der Waals surface area contributed by atoms with Crippen LogP contribution in [0.4, 0.5) is 0 Å². The first-order valence-corrected chi connectivity index (χ1v) is 7.12. The molecule has 2 rings (SSSR count). The highest BCUT2D eigenvalue weighted by Crippen LogP contribution is 2.23. The fourth-order valence-corrected chi connectivity index (χ4v) is 2.28. The number of benzene rings is 1. The molecule has 112 valence electrons. The number of rotatable bonds is 5. The van der Waals surface area contributed by atoms with Crippen LogP contribution < -0.4 is 5.32 Å². The number of aryl methyl sites for hydroxylation is 1. The molecule has 0 bridgehead atoms. The highest BCUT2D eigenvalue weighted by atomic mass is 35.5. The third-order valence-corrected chi connectivity index (χ3v) is 3.50. The summed E-state index contributed by atoms with van der Waals surface area (Å²) in [5.74, 6) is -0.280. The van der Waals surface area contributed by atoms with E-state index in [1.807, 2.05) is 37.3 Å². The Bertz CT molecular complexity index is 625. The number of carbonyl (C=O) groups excluding carboxylic acids is 1. The minimum Gasteiger partial charge on any atom is -0.396 e. The van der Waals surface area contributed by atoms with Gasteiger partial charge in [-0.15, -0.1) is 0 Å². The van der Waals surface area contributed by atoms with Crippen molar-refractivity contribution in [3.63, 3.8) is 0 Å². The quantitative estimate of drug-likeness (QED) is 0.890. The summed E-state index contributed by atoms with van der Waals surface area (Å²) >= 11 is 6.30. The molecule has 1 heterocycles. The molecule has 1 amide bonds. The predicted molar refractivity (Wildman–Crippen MR) is 81.9 cm³/mol. The predicted octanol–water partition coefficient (Wildman–Crippen LogP) is 2.19. The number of para-hydroxylation sites is 1. The standard InChI is InChI=1S/C15H18ClN3O2/c1-10(9-20)8-17-15(21)13-11(2)18-19(14(13)16)12-6-4-3-5-7-12/h3-7,10,20H,8-9H2,1-2H3,(H,17,21). The Kier molecular flexibility index (Phi) is 4.98.